The number of quaternary nitrogens is 2. The Morgan fingerprint density at radius 2 is 2.00 bits per heavy atom. The molecule has 0 unspecified atom stereocenters. The molecule has 10 heavy (non-hydrogen) atoms. The molecule has 4 N–H and O–H groups in total. The molecule has 0 aromatic carbocycles. The lowest BCUT2D eigenvalue weighted by Crippen LogP contribution is -3.12. The molecule has 0 saturated carbocycles. The van der Waals surface area contributed by atoms with Crippen LogP contribution in [0.15, 0.2) is 0 Å². The van der Waals surface area contributed by atoms with E-state index in [9.17, 15) is 0 Å². The predicted molar refractivity (Wildman–Crippen MR) is 41.8 cm³/mol. The molecule has 0 amide bonds. The Morgan fingerprint density at radius 3 is 2.50 bits per heavy atom. The third-order valence-corrected chi connectivity index (χ3v) is 2.47. The Kier molecular flexibility index (Phi) is 3.16. The molecule has 1 atom stereocenters. The van der Waals surface area contributed by atoms with E-state index in [1.807, 2.05) is 0 Å². The summed E-state index contributed by atoms with van der Waals surface area (Å²) in [7, 11) is 0. The molecule has 0 aromatic rings. The number of rotatable bonds is 3. The average molecular weight is 144 g/mol. The normalized spacial score (nSPS) is 23.4. The summed E-state index contributed by atoms with van der Waals surface area (Å²) in [6.45, 7) is 6.32. The minimum atomic E-state index is 0.688. The first-order valence-corrected chi connectivity index (χ1v) is 4.49. The molecule has 1 fully saturated rings. The lowest BCUT2D eigenvalue weighted by molar-refractivity contribution is -0.897. The van der Waals surface area contributed by atoms with Gasteiger partial charge < -0.3 is 10.6 Å². The summed E-state index contributed by atoms with van der Waals surface area (Å²) in [5.41, 5.74) is 4.10. The first-order chi connectivity index (χ1) is 4.83. The minimum absolute atomic E-state index is 0.688. The standard InChI is InChI=1S/C8H18N2/c1-2-8(9)7-10-5-3-4-6-10/h8H,2-7,9H2,1H3/p+2/t8-/m0/s1. The smallest absolute Gasteiger partial charge is 0.134 e. The van der Waals surface area contributed by atoms with Crippen LogP contribution in [0.1, 0.15) is 26.2 Å². The molecule has 2 nitrogen and oxygen atoms in total. The summed E-state index contributed by atoms with van der Waals surface area (Å²) in [5, 5.41) is 0. The molecule has 0 aromatic heterocycles. The largest absolute Gasteiger partial charge is 0.350 e. The van der Waals surface area contributed by atoms with Gasteiger partial charge in [-0.05, 0) is 0 Å². The molecular formula is C8H20N2+2. The number of nitrogens with one attached hydrogen (secondary N) is 1. The van der Waals surface area contributed by atoms with E-state index in [1.165, 1.54) is 38.9 Å². The highest BCUT2D eigenvalue weighted by molar-refractivity contribution is 4.50. The van der Waals surface area contributed by atoms with Crippen LogP contribution in [0.5, 0.6) is 0 Å². The molecule has 1 heterocycles. The van der Waals surface area contributed by atoms with Gasteiger partial charge in [-0.1, -0.05) is 6.92 Å². The summed E-state index contributed by atoms with van der Waals surface area (Å²) in [5.74, 6) is 0. The highest BCUT2D eigenvalue weighted by Gasteiger charge is 2.18. The molecule has 0 radical (unpaired) electrons. The van der Waals surface area contributed by atoms with Crippen molar-refractivity contribution in [2.75, 3.05) is 19.6 Å². The second-order valence-corrected chi connectivity index (χ2v) is 3.44. The molecule has 0 bridgehead atoms. The first kappa shape index (κ1) is 8.02. The van der Waals surface area contributed by atoms with E-state index in [4.69, 9.17) is 0 Å². The van der Waals surface area contributed by atoms with Crippen molar-refractivity contribution in [3.63, 3.8) is 0 Å². The maximum absolute atomic E-state index is 4.10. The topological polar surface area (TPSA) is 32.1 Å². The number of likely N-dealkylation sites (tertiary alicyclic amines) is 1. The quantitative estimate of drug-likeness (QED) is 0.493. The Balaban J connectivity index is 2.11. The van der Waals surface area contributed by atoms with Crippen molar-refractivity contribution < 1.29 is 10.6 Å². The summed E-state index contributed by atoms with van der Waals surface area (Å²) in [6, 6.07) is 0.688. The van der Waals surface area contributed by atoms with Gasteiger partial charge in [0.15, 0.2) is 0 Å². The van der Waals surface area contributed by atoms with Crippen LogP contribution in [0, 0.1) is 0 Å². The van der Waals surface area contributed by atoms with Crippen LogP contribution in [0.25, 0.3) is 0 Å². The fourth-order valence-corrected chi connectivity index (χ4v) is 1.63. The van der Waals surface area contributed by atoms with Gasteiger partial charge in [0.25, 0.3) is 0 Å². The third kappa shape index (κ3) is 2.27. The zero-order valence-electron chi connectivity index (χ0n) is 7.03. The van der Waals surface area contributed by atoms with Crippen molar-refractivity contribution in [3.05, 3.63) is 0 Å². The van der Waals surface area contributed by atoms with E-state index in [0.29, 0.717) is 6.04 Å². The van der Waals surface area contributed by atoms with Crippen molar-refractivity contribution in [3.8, 4) is 0 Å². The molecule has 60 valence electrons. The Labute approximate surface area is 63.4 Å². The van der Waals surface area contributed by atoms with Gasteiger partial charge in [-0.2, -0.15) is 0 Å². The van der Waals surface area contributed by atoms with Crippen LogP contribution in [-0.2, 0) is 0 Å². The summed E-state index contributed by atoms with van der Waals surface area (Å²) < 4.78 is 0. The van der Waals surface area contributed by atoms with Crippen molar-refractivity contribution in [2.24, 2.45) is 0 Å². The van der Waals surface area contributed by atoms with Gasteiger partial charge in [0.05, 0.1) is 13.1 Å². The van der Waals surface area contributed by atoms with Gasteiger partial charge in [-0.25, -0.2) is 0 Å². The highest BCUT2D eigenvalue weighted by atomic mass is 15.1. The van der Waals surface area contributed by atoms with Crippen molar-refractivity contribution >= 4 is 0 Å². The molecule has 1 saturated heterocycles. The molecular weight excluding hydrogens is 124 g/mol. The summed E-state index contributed by atoms with van der Waals surface area (Å²) in [4.78, 5) is 1.78. The van der Waals surface area contributed by atoms with Crippen molar-refractivity contribution in [2.45, 2.75) is 32.2 Å². The molecule has 1 aliphatic heterocycles. The summed E-state index contributed by atoms with van der Waals surface area (Å²) in [6.07, 6.45) is 4.11. The molecule has 0 aliphatic carbocycles. The monoisotopic (exact) mass is 144 g/mol. The molecule has 1 rings (SSSR count). The third-order valence-electron chi connectivity index (χ3n) is 2.47. The van der Waals surface area contributed by atoms with Crippen LogP contribution in [0.3, 0.4) is 0 Å². The van der Waals surface area contributed by atoms with Crippen LogP contribution < -0.4 is 10.6 Å². The maximum atomic E-state index is 4.10. The maximum Gasteiger partial charge on any atom is 0.134 e. The Bertz CT molecular complexity index is 87.3. The number of hydrogen-bond acceptors (Lipinski definition) is 0. The predicted octanol–water partition coefficient (Wildman–Crippen LogP) is -1.31. The van der Waals surface area contributed by atoms with Crippen LogP contribution >= 0.6 is 0 Å². The first-order valence-electron chi connectivity index (χ1n) is 4.49. The van der Waals surface area contributed by atoms with E-state index >= 15 is 0 Å². The SMILES string of the molecule is CC[C@H]([NH3+])C[NH+]1CCCC1. The van der Waals surface area contributed by atoms with E-state index < -0.39 is 0 Å². The van der Waals surface area contributed by atoms with Gasteiger partial charge in [0, 0.05) is 19.3 Å². The average Bonchev–Trinajstić information content (AvgIpc) is 2.40. The summed E-state index contributed by atoms with van der Waals surface area (Å²) >= 11 is 0. The molecule has 1 aliphatic rings. The Hall–Kier alpha value is -0.0800. The van der Waals surface area contributed by atoms with Gasteiger partial charge in [-0.15, -0.1) is 0 Å². The fourth-order valence-electron chi connectivity index (χ4n) is 1.63. The second-order valence-electron chi connectivity index (χ2n) is 3.44. The van der Waals surface area contributed by atoms with Crippen LogP contribution in [0.4, 0.5) is 0 Å². The molecule has 0 spiro atoms. The van der Waals surface area contributed by atoms with Gasteiger partial charge in [-0.3, -0.25) is 0 Å². The van der Waals surface area contributed by atoms with Gasteiger partial charge >= 0.3 is 0 Å². The lowest BCUT2D eigenvalue weighted by atomic mass is 10.2. The zero-order valence-corrected chi connectivity index (χ0v) is 7.03. The Morgan fingerprint density at radius 1 is 1.40 bits per heavy atom. The van der Waals surface area contributed by atoms with Crippen molar-refractivity contribution in [1.29, 1.82) is 0 Å². The van der Waals surface area contributed by atoms with Crippen molar-refractivity contribution in [1.82, 2.24) is 0 Å². The minimum Gasteiger partial charge on any atom is -0.350 e. The van der Waals surface area contributed by atoms with Crippen LogP contribution in [0.2, 0.25) is 0 Å². The molecule has 2 heteroatoms. The lowest BCUT2D eigenvalue weighted by Gasteiger charge is -2.13. The highest BCUT2D eigenvalue weighted by Crippen LogP contribution is 1.88. The fraction of sp³-hybridized carbons (Fsp3) is 1.00. The van der Waals surface area contributed by atoms with E-state index in [2.05, 4.69) is 12.7 Å². The second kappa shape index (κ2) is 3.94. The van der Waals surface area contributed by atoms with Crippen LogP contribution in [-0.4, -0.2) is 25.7 Å². The van der Waals surface area contributed by atoms with Gasteiger partial charge in [0.2, 0.25) is 0 Å². The van der Waals surface area contributed by atoms with Gasteiger partial charge in [0.1, 0.15) is 12.6 Å². The van der Waals surface area contributed by atoms with E-state index in [0.717, 1.165) is 0 Å². The van der Waals surface area contributed by atoms with E-state index in [-0.39, 0.29) is 0 Å². The number of hydrogen-bond donors (Lipinski definition) is 2. The zero-order chi connectivity index (χ0) is 7.40. The van der Waals surface area contributed by atoms with E-state index in [1.54, 1.807) is 4.90 Å².